The molecule has 0 saturated carbocycles. The van der Waals surface area contributed by atoms with Crippen LogP contribution >= 0.6 is 11.6 Å². The van der Waals surface area contributed by atoms with Crippen molar-refractivity contribution in [3.8, 4) is 5.75 Å². The number of rotatable bonds is 6. The summed E-state index contributed by atoms with van der Waals surface area (Å²) < 4.78 is 32.1. The molecule has 0 saturated heterocycles. The number of sulfonamides is 1. The van der Waals surface area contributed by atoms with Crippen molar-refractivity contribution in [2.24, 2.45) is 0 Å². The molecular weight excluding hydrogens is 338 g/mol. The fourth-order valence-electron chi connectivity index (χ4n) is 2.03. The first kappa shape index (κ1) is 17.7. The minimum absolute atomic E-state index is 0.00663. The topological polar surface area (TPSA) is 75.6 Å². The summed E-state index contributed by atoms with van der Waals surface area (Å²) in [6.45, 7) is 1.38. The maximum atomic E-state index is 12.3. The summed E-state index contributed by atoms with van der Waals surface area (Å²) in [7, 11) is -2.35. The number of hydrogen-bond acceptors (Lipinski definition) is 4. The number of aliphatic hydroxyl groups is 1. The highest BCUT2D eigenvalue weighted by molar-refractivity contribution is 7.89. The van der Waals surface area contributed by atoms with Gasteiger partial charge in [0.05, 0.1) is 17.0 Å². The van der Waals surface area contributed by atoms with Crippen LogP contribution in [0.2, 0.25) is 5.02 Å². The third kappa shape index (κ3) is 4.23. The molecular formula is C16H18ClNO4S. The van der Waals surface area contributed by atoms with E-state index in [0.717, 1.165) is 0 Å². The van der Waals surface area contributed by atoms with Gasteiger partial charge in [-0.15, -0.1) is 0 Å². The van der Waals surface area contributed by atoms with E-state index in [1.54, 1.807) is 31.2 Å². The second-order valence-corrected chi connectivity index (χ2v) is 7.43. The normalized spacial score (nSPS) is 14.3. The minimum Gasteiger partial charge on any atom is -0.495 e. The fraction of sp³-hybridized carbons (Fsp3) is 0.250. The van der Waals surface area contributed by atoms with E-state index < -0.39 is 15.6 Å². The van der Waals surface area contributed by atoms with E-state index in [9.17, 15) is 13.5 Å². The summed E-state index contributed by atoms with van der Waals surface area (Å²) in [6, 6.07) is 13.0. The quantitative estimate of drug-likeness (QED) is 0.835. The van der Waals surface area contributed by atoms with E-state index in [-0.39, 0.29) is 16.5 Å². The van der Waals surface area contributed by atoms with Crippen molar-refractivity contribution in [3.05, 3.63) is 59.1 Å². The molecule has 2 aromatic carbocycles. The van der Waals surface area contributed by atoms with E-state index in [2.05, 4.69) is 4.72 Å². The van der Waals surface area contributed by atoms with Gasteiger partial charge in [-0.1, -0.05) is 41.9 Å². The average Bonchev–Trinajstić information content (AvgIpc) is 2.54. The second kappa shape index (κ2) is 6.88. The van der Waals surface area contributed by atoms with Gasteiger partial charge in [0.2, 0.25) is 10.0 Å². The van der Waals surface area contributed by atoms with E-state index in [1.807, 2.05) is 6.07 Å². The lowest BCUT2D eigenvalue weighted by atomic mass is 9.97. The highest BCUT2D eigenvalue weighted by Crippen LogP contribution is 2.27. The van der Waals surface area contributed by atoms with Gasteiger partial charge in [-0.3, -0.25) is 0 Å². The molecule has 0 spiro atoms. The highest BCUT2D eigenvalue weighted by Gasteiger charge is 2.26. The van der Waals surface area contributed by atoms with E-state index in [4.69, 9.17) is 16.3 Å². The first-order valence-electron chi connectivity index (χ1n) is 6.87. The van der Waals surface area contributed by atoms with Gasteiger partial charge in [0, 0.05) is 6.54 Å². The third-order valence-corrected chi connectivity index (χ3v) is 5.13. The molecule has 0 bridgehead atoms. The molecule has 0 aliphatic rings. The maximum Gasteiger partial charge on any atom is 0.240 e. The van der Waals surface area contributed by atoms with Crippen molar-refractivity contribution < 1.29 is 18.3 Å². The Morgan fingerprint density at radius 1 is 1.22 bits per heavy atom. The van der Waals surface area contributed by atoms with Crippen molar-refractivity contribution in [2.45, 2.75) is 17.4 Å². The minimum atomic E-state index is -3.80. The van der Waals surface area contributed by atoms with Crippen LogP contribution in [0.25, 0.3) is 0 Å². The van der Waals surface area contributed by atoms with Crippen molar-refractivity contribution in [1.29, 1.82) is 0 Å². The zero-order valence-corrected chi connectivity index (χ0v) is 14.4. The lowest BCUT2D eigenvalue weighted by Gasteiger charge is -2.24. The molecule has 2 N–H and O–H groups in total. The van der Waals surface area contributed by atoms with Gasteiger partial charge in [0.1, 0.15) is 11.4 Å². The van der Waals surface area contributed by atoms with Gasteiger partial charge in [0.25, 0.3) is 0 Å². The number of ether oxygens (including phenoxy) is 1. The predicted octanol–water partition coefficient (Wildman–Crippen LogP) is 2.53. The Morgan fingerprint density at radius 2 is 1.87 bits per heavy atom. The lowest BCUT2D eigenvalue weighted by Crippen LogP contribution is -2.38. The Balaban J connectivity index is 2.17. The van der Waals surface area contributed by atoms with Crippen LogP contribution in [0.5, 0.6) is 5.75 Å². The molecule has 1 atom stereocenters. The standard InChI is InChI=1S/C16H18ClNO4S/c1-16(19,12-6-4-3-5-7-12)11-18-23(20,21)13-8-9-15(22-2)14(17)10-13/h3-10,18-19H,11H2,1-2H3/t16-/m1/s1. The van der Waals surface area contributed by atoms with Crippen LogP contribution in [0, 0.1) is 0 Å². The molecule has 0 aliphatic heterocycles. The van der Waals surface area contributed by atoms with Gasteiger partial charge in [0.15, 0.2) is 0 Å². The Hall–Kier alpha value is -1.60. The molecule has 0 amide bonds. The third-order valence-electron chi connectivity index (χ3n) is 3.44. The smallest absolute Gasteiger partial charge is 0.240 e. The second-order valence-electron chi connectivity index (χ2n) is 5.26. The van der Waals surface area contributed by atoms with Gasteiger partial charge < -0.3 is 9.84 Å². The van der Waals surface area contributed by atoms with Crippen molar-refractivity contribution in [1.82, 2.24) is 4.72 Å². The number of hydrogen-bond donors (Lipinski definition) is 2. The van der Waals surface area contributed by atoms with E-state index >= 15 is 0 Å². The van der Waals surface area contributed by atoms with Crippen LogP contribution < -0.4 is 9.46 Å². The molecule has 0 radical (unpaired) electrons. The van der Waals surface area contributed by atoms with Crippen molar-refractivity contribution in [3.63, 3.8) is 0 Å². The monoisotopic (exact) mass is 355 g/mol. The Labute approximate surface area is 140 Å². The van der Waals surface area contributed by atoms with Crippen LogP contribution in [-0.2, 0) is 15.6 Å². The molecule has 0 aliphatic carbocycles. The number of nitrogens with one attached hydrogen (secondary N) is 1. The molecule has 2 aromatic rings. The van der Waals surface area contributed by atoms with Gasteiger partial charge >= 0.3 is 0 Å². The van der Waals surface area contributed by atoms with Crippen LogP contribution in [-0.4, -0.2) is 27.2 Å². The first-order chi connectivity index (χ1) is 10.8. The molecule has 0 fully saturated rings. The Morgan fingerprint density at radius 3 is 2.43 bits per heavy atom. The maximum absolute atomic E-state index is 12.3. The molecule has 23 heavy (non-hydrogen) atoms. The Kier molecular flexibility index (Phi) is 5.31. The molecule has 0 unspecified atom stereocenters. The van der Waals surface area contributed by atoms with Gasteiger partial charge in [-0.05, 0) is 30.7 Å². The zero-order valence-electron chi connectivity index (χ0n) is 12.8. The molecule has 5 nitrogen and oxygen atoms in total. The largest absolute Gasteiger partial charge is 0.495 e. The summed E-state index contributed by atoms with van der Waals surface area (Å²) in [5.41, 5.74) is -0.708. The highest BCUT2D eigenvalue weighted by atomic mass is 35.5. The first-order valence-corrected chi connectivity index (χ1v) is 8.73. The Bertz CT molecular complexity index is 776. The summed E-state index contributed by atoms with van der Waals surface area (Å²) in [6.07, 6.45) is 0. The van der Waals surface area contributed by atoms with Gasteiger partial charge in [-0.2, -0.15) is 0 Å². The number of benzene rings is 2. The van der Waals surface area contributed by atoms with E-state index in [1.165, 1.54) is 25.3 Å². The van der Waals surface area contributed by atoms with Crippen LogP contribution in [0.4, 0.5) is 0 Å². The molecule has 2 rings (SSSR count). The number of methoxy groups -OCH3 is 1. The molecule has 0 heterocycles. The summed E-state index contributed by atoms with van der Waals surface area (Å²) >= 11 is 5.95. The fourth-order valence-corrected chi connectivity index (χ4v) is 3.51. The summed E-state index contributed by atoms with van der Waals surface area (Å²) in [4.78, 5) is 0.00663. The van der Waals surface area contributed by atoms with Gasteiger partial charge in [-0.25, -0.2) is 13.1 Å². The van der Waals surface area contributed by atoms with Crippen LogP contribution in [0.1, 0.15) is 12.5 Å². The predicted molar refractivity (Wildman–Crippen MR) is 89.2 cm³/mol. The molecule has 7 heteroatoms. The average molecular weight is 356 g/mol. The molecule has 124 valence electrons. The van der Waals surface area contributed by atoms with Crippen molar-refractivity contribution in [2.75, 3.05) is 13.7 Å². The number of halogens is 1. The summed E-state index contributed by atoms with van der Waals surface area (Å²) in [5.74, 6) is 0.391. The van der Waals surface area contributed by atoms with Crippen molar-refractivity contribution >= 4 is 21.6 Å². The van der Waals surface area contributed by atoms with Crippen LogP contribution in [0.15, 0.2) is 53.4 Å². The van der Waals surface area contributed by atoms with E-state index in [0.29, 0.717) is 11.3 Å². The zero-order chi connectivity index (χ0) is 17.1. The summed E-state index contributed by atoms with van der Waals surface area (Å²) in [5, 5.41) is 10.7. The van der Waals surface area contributed by atoms with Crippen LogP contribution in [0.3, 0.4) is 0 Å². The molecule has 0 aromatic heterocycles. The SMILES string of the molecule is COc1ccc(S(=O)(=O)NC[C@@](C)(O)c2ccccc2)cc1Cl. The lowest BCUT2D eigenvalue weighted by molar-refractivity contribution is 0.0627.